The highest BCUT2D eigenvalue weighted by Gasteiger charge is 2.46. The van der Waals surface area contributed by atoms with E-state index in [0.717, 1.165) is 12.8 Å². The maximum Gasteiger partial charge on any atom is 0.308 e. The molecule has 0 bridgehead atoms. The topological polar surface area (TPSA) is 26.3 Å². The number of carbonyl (C=O) groups is 1. The van der Waals surface area contributed by atoms with Crippen molar-refractivity contribution in [2.24, 2.45) is 17.8 Å². The van der Waals surface area contributed by atoms with Gasteiger partial charge < -0.3 is 4.74 Å². The zero-order chi connectivity index (χ0) is 11.4. The number of ether oxygens (including phenoxy) is 1. The number of allylic oxidation sites excluding steroid dienone is 2. The molecule has 1 aliphatic rings. The number of methoxy groups -OCH3 is 1. The summed E-state index contributed by atoms with van der Waals surface area (Å²) >= 11 is 0. The number of esters is 1. The third-order valence-corrected chi connectivity index (χ3v) is 3.25. The van der Waals surface area contributed by atoms with Crippen LogP contribution in [0.3, 0.4) is 0 Å². The van der Waals surface area contributed by atoms with Crippen molar-refractivity contribution in [3.8, 4) is 0 Å². The van der Waals surface area contributed by atoms with Crippen molar-refractivity contribution in [1.29, 1.82) is 0 Å². The Bertz CT molecular complexity index is 251. The molecule has 0 N–H and O–H groups in total. The standard InChI is InChI=1S/C13H22O2/c1-9(2)6-5-7-10(3)11-8-12(11)13(14)15-4/h6,10-12H,5,7-8H2,1-4H3. The van der Waals surface area contributed by atoms with Gasteiger partial charge >= 0.3 is 5.97 Å². The van der Waals surface area contributed by atoms with Crippen LogP contribution in [0.4, 0.5) is 0 Å². The van der Waals surface area contributed by atoms with Gasteiger partial charge in [0, 0.05) is 0 Å². The van der Waals surface area contributed by atoms with Gasteiger partial charge in [-0.2, -0.15) is 0 Å². The molecule has 3 unspecified atom stereocenters. The van der Waals surface area contributed by atoms with E-state index in [-0.39, 0.29) is 11.9 Å². The normalized spacial score (nSPS) is 25.6. The molecule has 0 heterocycles. The Morgan fingerprint density at radius 3 is 2.73 bits per heavy atom. The minimum atomic E-state index is -0.0194. The van der Waals surface area contributed by atoms with Gasteiger partial charge in [-0.3, -0.25) is 4.79 Å². The van der Waals surface area contributed by atoms with E-state index in [9.17, 15) is 4.79 Å². The lowest BCUT2D eigenvalue weighted by Crippen LogP contribution is -2.08. The first-order valence-corrected chi connectivity index (χ1v) is 5.77. The third-order valence-electron chi connectivity index (χ3n) is 3.25. The van der Waals surface area contributed by atoms with Gasteiger partial charge in [0.25, 0.3) is 0 Å². The molecule has 86 valence electrons. The Hall–Kier alpha value is -0.790. The van der Waals surface area contributed by atoms with Gasteiger partial charge in [0.05, 0.1) is 13.0 Å². The smallest absolute Gasteiger partial charge is 0.308 e. The molecule has 3 atom stereocenters. The summed E-state index contributed by atoms with van der Waals surface area (Å²) in [6.07, 6.45) is 5.62. The Labute approximate surface area is 92.7 Å². The van der Waals surface area contributed by atoms with Crippen molar-refractivity contribution in [1.82, 2.24) is 0 Å². The first-order chi connectivity index (χ1) is 7.06. The van der Waals surface area contributed by atoms with Gasteiger partial charge in [0.1, 0.15) is 0 Å². The molecule has 1 aliphatic carbocycles. The zero-order valence-corrected chi connectivity index (χ0v) is 10.2. The van der Waals surface area contributed by atoms with Crippen LogP contribution in [-0.4, -0.2) is 13.1 Å². The fraction of sp³-hybridized carbons (Fsp3) is 0.769. The first kappa shape index (κ1) is 12.3. The van der Waals surface area contributed by atoms with E-state index in [0.29, 0.717) is 11.8 Å². The maximum atomic E-state index is 11.2. The SMILES string of the molecule is COC(=O)C1CC1C(C)CCC=C(C)C. The maximum absolute atomic E-state index is 11.2. The molecule has 0 aromatic rings. The number of hydrogen-bond donors (Lipinski definition) is 0. The number of hydrogen-bond acceptors (Lipinski definition) is 2. The molecule has 0 radical (unpaired) electrons. The van der Waals surface area contributed by atoms with Gasteiger partial charge in [-0.25, -0.2) is 0 Å². The highest BCUT2D eigenvalue weighted by molar-refractivity contribution is 5.75. The van der Waals surface area contributed by atoms with Gasteiger partial charge in [-0.05, 0) is 44.9 Å². The predicted octanol–water partition coefficient (Wildman–Crippen LogP) is 3.18. The largest absolute Gasteiger partial charge is 0.469 e. The summed E-state index contributed by atoms with van der Waals surface area (Å²) in [6, 6.07) is 0. The zero-order valence-electron chi connectivity index (χ0n) is 10.2. The lowest BCUT2D eigenvalue weighted by molar-refractivity contribution is -0.142. The van der Waals surface area contributed by atoms with Gasteiger partial charge in [-0.1, -0.05) is 18.6 Å². The fourth-order valence-electron chi connectivity index (χ4n) is 2.11. The van der Waals surface area contributed by atoms with E-state index in [1.54, 1.807) is 0 Å². The van der Waals surface area contributed by atoms with E-state index < -0.39 is 0 Å². The van der Waals surface area contributed by atoms with Crippen LogP contribution in [0.2, 0.25) is 0 Å². The lowest BCUT2D eigenvalue weighted by atomic mass is 9.98. The van der Waals surface area contributed by atoms with Gasteiger partial charge in [0.2, 0.25) is 0 Å². The summed E-state index contributed by atoms with van der Waals surface area (Å²) in [5.74, 6) is 1.39. The van der Waals surface area contributed by atoms with Crippen LogP contribution in [0.1, 0.15) is 40.0 Å². The molecule has 0 spiro atoms. The Kier molecular flexibility index (Phi) is 4.37. The molecule has 0 aromatic heterocycles. The molecule has 1 saturated carbocycles. The Morgan fingerprint density at radius 1 is 1.53 bits per heavy atom. The molecule has 0 saturated heterocycles. The van der Waals surface area contributed by atoms with Crippen molar-refractivity contribution in [2.75, 3.05) is 7.11 Å². The quantitative estimate of drug-likeness (QED) is 0.514. The molecular weight excluding hydrogens is 188 g/mol. The van der Waals surface area contributed by atoms with E-state index in [2.05, 4.69) is 26.8 Å². The van der Waals surface area contributed by atoms with Crippen molar-refractivity contribution in [3.63, 3.8) is 0 Å². The van der Waals surface area contributed by atoms with Crippen molar-refractivity contribution < 1.29 is 9.53 Å². The van der Waals surface area contributed by atoms with Crippen LogP contribution in [0.5, 0.6) is 0 Å². The van der Waals surface area contributed by atoms with Crippen molar-refractivity contribution in [3.05, 3.63) is 11.6 Å². The lowest BCUT2D eigenvalue weighted by Gasteiger charge is -2.08. The monoisotopic (exact) mass is 210 g/mol. The van der Waals surface area contributed by atoms with E-state index in [4.69, 9.17) is 4.74 Å². The Balaban J connectivity index is 2.23. The average Bonchev–Trinajstić information content (AvgIpc) is 2.95. The number of carbonyl (C=O) groups excluding carboxylic acids is 1. The van der Waals surface area contributed by atoms with E-state index in [1.165, 1.54) is 19.1 Å². The summed E-state index contributed by atoms with van der Waals surface area (Å²) in [4.78, 5) is 11.2. The van der Waals surface area contributed by atoms with E-state index in [1.807, 2.05) is 0 Å². The first-order valence-electron chi connectivity index (χ1n) is 5.77. The van der Waals surface area contributed by atoms with Crippen molar-refractivity contribution >= 4 is 5.97 Å². The Morgan fingerprint density at radius 2 is 2.20 bits per heavy atom. The second-order valence-corrected chi connectivity index (χ2v) is 4.87. The molecule has 15 heavy (non-hydrogen) atoms. The summed E-state index contributed by atoms with van der Waals surface area (Å²) in [5, 5.41) is 0. The van der Waals surface area contributed by atoms with Crippen LogP contribution in [0.15, 0.2) is 11.6 Å². The van der Waals surface area contributed by atoms with Crippen LogP contribution < -0.4 is 0 Å². The van der Waals surface area contributed by atoms with E-state index >= 15 is 0 Å². The third kappa shape index (κ3) is 3.69. The van der Waals surface area contributed by atoms with Crippen LogP contribution in [0, 0.1) is 17.8 Å². The minimum absolute atomic E-state index is 0.0194. The summed E-state index contributed by atoms with van der Waals surface area (Å²) in [5.41, 5.74) is 1.38. The van der Waals surface area contributed by atoms with Crippen LogP contribution in [0.25, 0.3) is 0 Å². The molecular formula is C13H22O2. The molecule has 0 aliphatic heterocycles. The molecule has 0 amide bonds. The van der Waals surface area contributed by atoms with Crippen LogP contribution >= 0.6 is 0 Å². The van der Waals surface area contributed by atoms with Crippen molar-refractivity contribution in [2.45, 2.75) is 40.0 Å². The second kappa shape index (κ2) is 5.34. The highest BCUT2D eigenvalue weighted by atomic mass is 16.5. The predicted molar refractivity (Wildman–Crippen MR) is 61.4 cm³/mol. The molecule has 1 fully saturated rings. The highest BCUT2D eigenvalue weighted by Crippen LogP contribution is 2.46. The van der Waals surface area contributed by atoms with Gasteiger partial charge in [0.15, 0.2) is 0 Å². The summed E-state index contributed by atoms with van der Waals surface area (Å²) < 4.78 is 4.75. The minimum Gasteiger partial charge on any atom is -0.469 e. The number of rotatable bonds is 5. The fourth-order valence-corrected chi connectivity index (χ4v) is 2.11. The molecule has 1 rings (SSSR count). The van der Waals surface area contributed by atoms with Crippen LogP contribution in [-0.2, 0) is 9.53 Å². The second-order valence-electron chi connectivity index (χ2n) is 4.87. The van der Waals surface area contributed by atoms with Gasteiger partial charge in [-0.15, -0.1) is 0 Å². The summed E-state index contributed by atoms with van der Waals surface area (Å²) in [7, 11) is 1.48. The molecule has 2 nitrogen and oxygen atoms in total. The molecule has 0 aromatic carbocycles. The summed E-state index contributed by atoms with van der Waals surface area (Å²) in [6.45, 7) is 6.49. The molecule has 2 heteroatoms. The average molecular weight is 210 g/mol.